The van der Waals surface area contributed by atoms with Gasteiger partial charge in [-0.15, -0.1) is 0 Å². The molecule has 0 spiro atoms. The van der Waals surface area contributed by atoms with E-state index in [1.54, 1.807) is 6.20 Å². The summed E-state index contributed by atoms with van der Waals surface area (Å²) in [4.78, 5) is 8.54. The summed E-state index contributed by atoms with van der Waals surface area (Å²) in [5.74, 6) is 0. The normalized spacial score (nSPS) is 12.7. The maximum Gasteiger partial charge on any atom is 0.155 e. The molecule has 0 aromatic carbocycles. The summed E-state index contributed by atoms with van der Waals surface area (Å²) in [5, 5.41) is 7.84. The van der Waals surface area contributed by atoms with E-state index >= 15 is 0 Å². The van der Waals surface area contributed by atoms with E-state index in [9.17, 15) is 0 Å². The summed E-state index contributed by atoms with van der Waals surface area (Å²) < 4.78 is 1.82. The lowest BCUT2D eigenvalue weighted by atomic mass is 10.1. The molecule has 20 heavy (non-hydrogen) atoms. The Morgan fingerprint density at radius 1 is 1.35 bits per heavy atom. The van der Waals surface area contributed by atoms with Crippen LogP contribution >= 0.6 is 0 Å². The molecule has 1 N–H and O–H groups in total. The quantitative estimate of drug-likeness (QED) is 0.788. The van der Waals surface area contributed by atoms with Gasteiger partial charge in [0.1, 0.15) is 0 Å². The summed E-state index contributed by atoms with van der Waals surface area (Å²) in [7, 11) is 0. The van der Waals surface area contributed by atoms with E-state index in [1.807, 2.05) is 42.2 Å². The molecule has 0 fully saturated rings. The zero-order valence-electron chi connectivity index (χ0n) is 11.6. The molecule has 3 aromatic rings. The lowest BCUT2D eigenvalue weighted by Gasteiger charge is -2.13. The van der Waals surface area contributed by atoms with Gasteiger partial charge in [-0.3, -0.25) is 4.98 Å². The standard InChI is InChI=1S/C15H17N5/c1-11-6-15-18-8-13(10-20(15)19-11)7-17-12(2)14-4-3-5-16-9-14/h3-6,8-10,12,17H,7H2,1-2H3/t12-/m0/s1. The molecule has 1 atom stereocenters. The van der Waals surface area contributed by atoms with Crippen LogP contribution in [0.15, 0.2) is 43.0 Å². The van der Waals surface area contributed by atoms with Gasteiger partial charge >= 0.3 is 0 Å². The van der Waals surface area contributed by atoms with Crippen molar-refractivity contribution in [2.24, 2.45) is 0 Å². The van der Waals surface area contributed by atoms with E-state index in [2.05, 4.69) is 33.4 Å². The van der Waals surface area contributed by atoms with Crippen LogP contribution in [0.2, 0.25) is 0 Å². The fourth-order valence-corrected chi connectivity index (χ4v) is 2.15. The van der Waals surface area contributed by atoms with E-state index in [4.69, 9.17) is 0 Å². The first-order chi connectivity index (χ1) is 9.72. The van der Waals surface area contributed by atoms with Gasteiger partial charge in [0.2, 0.25) is 0 Å². The highest BCUT2D eigenvalue weighted by atomic mass is 15.2. The highest BCUT2D eigenvalue weighted by molar-refractivity contribution is 5.38. The smallest absolute Gasteiger partial charge is 0.155 e. The molecule has 0 bridgehead atoms. The molecule has 5 heteroatoms. The minimum Gasteiger partial charge on any atom is -0.306 e. The Balaban J connectivity index is 1.70. The molecule has 3 heterocycles. The largest absolute Gasteiger partial charge is 0.306 e. The Labute approximate surface area is 117 Å². The number of nitrogens with one attached hydrogen (secondary N) is 1. The maximum absolute atomic E-state index is 4.40. The van der Waals surface area contributed by atoms with Crippen molar-refractivity contribution in [1.82, 2.24) is 24.9 Å². The van der Waals surface area contributed by atoms with Crippen LogP contribution in [0.4, 0.5) is 0 Å². The van der Waals surface area contributed by atoms with Gasteiger partial charge < -0.3 is 5.32 Å². The van der Waals surface area contributed by atoms with Crippen molar-refractivity contribution in [2.75, 3.05) is 0 Å². The van der Waals surface area contributed by atoms with E-state index in [1.165, 1.54) is 5.56 Å². The van der Waals surface area contributed by atoms with E-state index in [0.717, 1.165) is 23.4 Å². The summed E-state index contributed by atoms with van der Waals surface area (Å²) in [6.07, 6.45) is 7.57. The zero-order chi connectivity index (χ0) is 13.9. The minimum absolute atomic E-state index is 0.249. The van der Waals surface area contributed by atoms with Crippen LogP contribution in [0, 0.1) is 6.92 Å². The van der Waals surface area contributed by atoms with Crippen LogP contribution in [0.1, 0.15) is 29.8 Å². The molecule has 102 valence electrons. The SMILES string of the molecule is Cc1cc2ncc(CN[C@@H](C)c3cccnc3)cn2n1. The van der Waals surface area contributed by atoms with E-state index in [0.29, 0.717) is 0 Å². The minimum atomic E-state index is 0.249. The molecule has 0 radical (unpaired) electrons. The third kappa shape index (κ3) is 2.67. The number of rotatable bonds is 4. The monoisotopic (exact) mass is 267 g/mol. The molecular formula is C15H17N5. The van der Waals surface area contributed by atoms with Crippen LogP contribution < -0.4 is 5.32 Å². The summed E-state index contributed by atoms with van der Waals surface area (Å²) in [6.45, 7) is 4.84. The van der Waals surface area contributed by atoms with E-state index < -0.39 is 0 Å². The maximum atomic E-state index is 4.40. The van der Waals surface area contributed by atoms with Crippen molar-refractivity contribution in [3.63, 3.8) is 0 Å². The number of pyridine rings is 1. The van der Waals surface area contributed by atoms with Gasteiger partial charge in [0, 0.05) is 49.0 Å². The molecule has 5 nitrogen and oxygen atoms in total. The summed E-state index contributed by atoms with van der Waals surface area (Å²) >= 11 is 0. The number of aromatic nitrogens is 4. The van der Waals surface area contributed by atoms with Crippen molar-refractivity contribution in [2.45, 2.75) is 26.4 Å². The van der Waals surface area contributed by atoms with Crippen molar-refractivity contribution in [3.05, 3.63) is 59.8 Å². The van der Waals surface area contributed by atoms with Crippen LogP contribution in [-0.4, -0.2) is 19.6 Å². The Hall–Kier alpha value is -2.27. The molecule has 0 aliphatic rings. The summed E-state index contributed by atoms with van der Waals surface area (Å²) in [6, 6.07) is 6.24. The first-order valence-electron chi connectivity index (χ1n) is 6.66. The lowest BCUT2D eigenvalue weighted by Crippen LogP contribution is -2.18. The number of nitrogens with zero attached hydrogens (tertiary/aromatic N) is 4. The topological polar surface area (TPSA) is 55.1 Å². The van der Waals surface area contributed by atoms with Gasteiger partial charge in [-0.25, -0.2) is 9.50 Å². The van der Waals surface area contributed by atoms with Crippen LogP contribution in [0.3, 0.4) is 0 Å². The fourth-order valence-electron chi connectivity index (χ4n) is 2.15. The molecule has 3 rings (SSSR count). The Bertz CT molecular complexity index is 705. The third-order valence-corrected chi connectivity index (χ3v) is 3.29. The van der Waals surface area contributed by atoms with Gasteiger partial charge in [0.25, 0.3) is 0 Å². The Morgan fingerprint density at radius 3 is 3.05 bits per heavy atom. The summed E-state index contributed by atoms with van der Waals surface area (Å²) in [5.41, 5.74) is 4.14. The highest BCUT2D eigenvalue weighted by Crippen LogP contribution is 2.11. The van der Waals surface area contributed by atoms with Gasteiger partial charge in [-0.2, -0.15) is 5.10 Å². The van der Waals surface area contributed by atoms with Crippen molar-refractivity contribution < 1.29 is 0 Å². The van der Waals surface area contributed by atoms with Gasteiger partial charge in [0.05, 0.1) is 5.69 Å². The molecule has 0 saturated heterocycles. The molecule has 0 unspecified atom stereocenters. The number of aryl methyl sites for hydroxylation is 1. The Kier molecular flexibility index (Phi) is 3.43. The first-order valence-corrected chi connectivity index (χ1v) is 6.66. The second-order valence-corrected chi connectivity index (χ2v) is 4.94. The fraction of sp³-hybridized carbons (Fsp3) is 0.267. The van der Waals surface area contributed by atoms with Crippen LogP contribution in [-0.2, 0) is 6.54 Å². The molecule has 0 saturated carbocycles. The second-order valence-electron chi connectivity index (χ2n) is 4.94. The second kappa shape index (κ2) is 5.38. The average Bonchev–Trinajstić information content (AvgIpc) is 2.85. The van der Waals surface area contributed by atoms with Crippen molar-refractivity contribution in [1.29, 1.82) is 0 Å². The van der Waals surface area contributed by atoms with Crippen LogP contribution in [0.25, 0.3) is 5.65 Å². The van der Waals surface area contributed by atoms with Crippen molar-refractivity contribution >= 4 is 5.65 Å². The van der Waals surface area contributed by atoms with Gasteiger partial charge in [-0.1, -0.05) is 6.07 Å². The molecule has 0 aliphatic heterocycles. The van der Waals surface area contributed by atoms with Crippen LogP contribution in [0.5, 0.6) is 0 Å². The van der Waals surface area contributed by atoms with Gasteiger partial charge in [-0.05, 0) is 25.5 Å². The number of fused-ring (bicyclic) bond motifs is 1. The van der Waals surface area contributed by atoms with E-state index in [-0.39, 0.29) is 6.04 Å². The number of hydrogen-bond donors (Lipinski definition) is 1. The molecule has 0 amide bonds. The lowest BCUT2D eigenvalue weighted by molar-refractivity contribution is 0.570. The third-order valence-electron chi connectivity index (χ3n) is 3.29. The highest BCUT2D eigenvalue weighted by Gasteiger charge is 2.06. The van der Waals surface area contributed by atoms with Crippen molar-refractivity contribution in [3.8, 4) is 0 Å². The average molecular weight is 267 g/mol. The molecular weight excluding hydrogens is 250 g/mol. The predicted octanol–water partition coefficient (Wildman–Crippen LogP) is 2.28. The Morgan fingerprint density at radius 2 is 2.25 bits per heavy atom. The molecule has 0 aliphatic carbocycles. The first kappa shape index (κ1) is 12.7. The predicted molar refractivity (Wildman–Crippen MR) is 77.2 cm³/mol. The number of hydrogen-bond acceptors (Lipinski definition) is 4. The zero-order valence-corrected chi connectivity index (χ0v) is 11.6. The molecule has 3 aromatic heterocycles. The van der Waals surface area contributed by atoms with Gasteiger partial charge in [0.15, 0.2) is 5.65 Å².